The molecule has 0 aromatic heterocycles. The van der Waals surface area contributed by atoms with Crippen LogP contribution in [0.15, 0.2) is 54.6 Å². The van der Waals surface area contributed by atoms with Crippen LogP contribution in [0.25, 0.3) is 6.08 Å². The smallest absolute Gasteiger partial charge is 0.327 e. The lowest BCUT2D eigenvalue weighted by Crippen LogP contribution is -2.70. The first kappa shape index (κ1) is 36.2. The molecule has 7 atom stereocenters. The molecule has 12 nitrogen and oxygen atoms in total. The Kier molecular flexibility index (Phi) is 9.42. The number of fused-ring (bicyclic) bond motifs is 4. The second-order valence-corrected chi connectivity index (χ2v) is 16.6. The molecule has 0 unspecified atom stereocenters. The molecule has 12 heteroatoms. The number of benzene rings is 2. The zero-order chi connectivity index (χ0) is 37.1. The molecule has 3 saturated carbocycles. The zero-order valence-corrected chi connectivity index (χ0v) is 30.6. The van der Waals surface area contributed by atoms with E-state index >= 15 is 0 Å². The van der Waals surface area contributed by atoms with Crippen LogP contribution < -0.4 is 5.32 Å². The Morgan fingerprint density at radius 3 is 2.49 bits per heavy atom. The Bertz CT molecular complexity index is 1750. The van der Waals surface area contributed by atoms with Crippen LogP contribution in [0.4, 0.5) is 0 Å². The van der Waals surface area contributed by atoms with E-state index in [0.717, 1.165) is 42.4 Å². The molecule has 53 heavy (non-hydrogen) atoms. The number of phenols is 1. The van der Waals surface area contributed by atoms with Gasteiger partial charge in [-0.1, -0.05) is 54.6 Å². The van der Waals surface area contributed by atoms with E-state index in [2.05, 4.69) is 5.32 Å². The van der Waals surface area contributed by atoms with Crippen molar-refractivity contribution in [3.05, 3.63) is 71.3 Å². The predicted octanol–water partition coefficient (Wildman–Crippen LogP) is 4.35. The third kappa shape index (κ3) is 6.89. The van der Waals surface area contributed by atoms with E-state index in [0.29, 0.717) is 6.42 Å². The van der Waals surface area contributed by atoms with Gasteiger partial charge < -0.3 is 34.5 Å². The van der Waals surface area contributed by atoms with Gasteiger partial charge >= 0.3 is 11.9 Å². The van der Waals surface area contributed by atoms with E-state index in [-0.39, 0.29) is 43.4 Å². The fraction of sp³-hybridized carbons (Fsp3) is 0.585. The molecular formula is C41H50N2O10. The molecule has 2 aromatic rings. The van der Waals surface area contributed by atoms with Gasteiger partial charge in [0, 0.05) is 24.7 Å². The van der Waals surface area contributed by atoms with Crippen LogP contribution >= 0.6 is 0 Å². The first-order chi connectivity index (χ1) is 25.4. The summed E-state index contributed by atoms with van der Waals surface area (Å²) in [5.41, 5.74) is 0.543. The van der Waals surface area contributed by atoms with Crippen molar-refractivity contribution in [3.8, 4) is 5.75 Å². The van der Waals surface area contributed by atoms with E-state index < -0.39 is 77.8 Å². The summed E-state index contributed by atoms with van der Waals surface area (Å²) < 4.78 is 25.4. The van der Waals surface area contributed by atoms with E-state index in [4.69, 9.17) is 23.8 Å². The number of carbonyl (C=O) groups excluding carboxylic acids is 3. The standard InChI is InChI=1S/C41H50N2O10/c1-39(2,3)50-32(46)19-18-29(23-44)42-38(48)40-21-31-33-34(52-41(51-33,27-14-15-27)28-16-17-28)36(40)53-43(35(40)37(47)49-31)22-25-10-6-8-24(20-25)9-7-12-26-11-4-5-13-30(26)45/h4-11,13,20,27-29,31,33-36,44-45H,12,14-19,21-23H2,1-3H3,(H,42,48)/t29-,31+,33-,34-,35-,36+,40-/m0/s1. The summed E-state index contributed by atoms with van der Waals surface area (Å²) in [5.74, 6) is -1.46. The van der Waals surface area contributed by atoms with Crippen LogP contribution in [0.5, 0.6) is 5.75 Å². The van der Waals surface area contributed by atoms with Crippen molar-refractivity contribution in [2.75, 3.05) is 6.61 Å². The minimum Gasteiger partial charge on any atom is -0.508 e. The summed E-state index contributed by atoms with van der Waals surface area (Å²) >= 11 is 0. The van der Waals surface area contributed by atoms with Crippen molar-refractivity contribution in [2.24, 2.45) is 17.3 Å². The van der Waals surface area contributed by atoms with Crippen molar-refractivity contribution in [1.29, 1.82) is 0 Å². The SMILES string of the molecule is CC(C)(C)OC(=O)CC[C@@H](CO)NC(=O)[C@@]12C[C@H]3OC(=O)[C@@H]1N(Cc1cccc(C=CCc4ccccc4O)c1)O[C@@H]2[C@H]1OC(C2CC2)(C2CC2)O[C@H]13. The maximum Gasteiger partial charge on any atom is 0.327 e. The van der Waals surface area contributed by atoms with Crippen LogP contribution in [0.3, 0.4) is 0 Å². The van der Waals surface area contributed by atoms with Gasteiger partial charge in [-0.25, -0.2) is 0 Å². The fourth-order valence-corrected chi connectivity index (χ4v) is 8.86. The molecule has 0 spiro atoms. The normalized spacial score (nSPS) is 30.9. The van der Waals surface area contributed by atoms with E-state index in [1.54, 1.807) is 38.0 Å². The summed E-state index contributed by atoms with van der Waals surface area (Å²) in [7, 11) is 0. The van der Waals surface area contributed by atoms with Gasteiger partial charge in [-0.05, 0) is 82.1 Å². The third-order valence-electron chi connectivity index (χ3n) is 11.5. The minimum absolute atomic E-state index is 0.000169. The molecule has 3 aliphatic heterocycles. The Labute approximate surface area is 309 Å². The lowest BCUT2D eigenvalue weighted by Gasteiger charge is -2.49. The number of carbonyl (C=O) groups is 3. The van der Waals surface area contributed by atoms with Crippen LogP contribution in [0.2, 0.25) is 0 Å². The number of hydrogen-bond acceptors (Lipinski definition) is 11. The Morgan fingerprint density at radius 2 is 1.79 bits per heavy atom. The molecule has 6 fully saturated rings. The summed E-state index contributed by atoms with van der Waals surface area (Å²) in [5, 5.41) is 25.1. The maximum absolute atomic E-state index is 14.8. The highest BCUT2D eigenvalue weighted by Crippen LogP contribution is 2.63. The molecule has 8 rings (SSSR count). The number of hydroxylamine groups is 2. The van der Waals surface area contributed by atoms with Crippen molar-refractivity contribution >= 4 is 23.9 Å². The first-order valence-electron chi connectivity index (χ1n) is 19.1. The molecule has 2 bridgehead atoms. The fourth-order valence-electron chi connectivity index (χ4n) is 8.86. The number of nitrogens with zero attached hydrogens (tertiary/aromatic N) is 1. The van der Waals surface area contributed by atoms with Gasteiger partial charge in [-0.3, -0.25) is 19.2 Å². The van der Waals surface area contributed by atoms with Crippen LogP contribution in [0, 0.1) is 17.3 Å². The third-order valence-corrected chi connectivity index (χ3v) is 11.5. The van der Waals surface area contributed by atoms with Gasteiger partial charge in [0.2, 0.25) is 5.91 Å². The van der Waals surface area contributed by atoms with Crippen LogP contribution in [0.1, 0.15) is 82.4 Å². The Balaban J connectivity index is 1.07. The molecule has 284 valence electrons. The van der Waals surface area contributed by atoms with Crippen molar-refractivity contribution in [3.63, 3.8) is 0 Å². The number of aliphatic hydroxyl groups excluding tert-OH is 1. The Morgan fingerprint density at radius 1 is 1.06 bits per heavy atom. The van der Waals surface area contributed by atoms with Gasteiger partial charge in [-0.2, -0.15) is 5.06 Å². The van der Waals surface area contributed by atoms with Crippen molar-refractivity contribution < 1.29 is 48.4 Å². The van der Waals surface area contributed by atoms with E-state index in [1.807, 2.05) is 48.6 Å². The Hall–Kier alpha value is -3.81. The molecule has 3 aliphatic carbocycles. The second-order valence-electron chi connectivity index (χ2n) is 16.6. The number of aromatic hydroxyl groups is 1. The highest BCUT2D eigenvalue weighted by molar-refractivity contribution is 5.93. The number of ether oxygens (including phenoxy) is 4. The van der Waals surface area contributed by atoms with Crippen LogP contribution in [-0.4, -0.2) is 87.6 Å². The number of allylic oxidation sites excluding steroid dienone is 1. The molecule has 0 radical (unpaired) electrons. The number of aliphatic hydroxyl groups is 1. The number of para-hydroxylation sites is 1. The van der Waals surface area contributed by atoms with Gasteiger partial charge in [0.25, 0.3) is 0 Å². The molecule has 2 aromatic carbocycles. The number of amides is 1. The average Bonchev–Trinajstić information content (AvgIpc) is 4.06. The summed E-state index contributed by atoms with van der Waals surface area (Å²) in [4.78, 5) is 48.2. The number of esters is 2. The molecular weight excluding hydrogens is 680 g/mol. The summed E-state index contributed by atoms with van der Waals surface area (Å²) in [6, 6.07) is 13.2. The second kappa shape index (κ2) is 13.8. The minimum atomic E-state index is -1.40. The predicted molar refractivity (Wildman–Crippen MR) is 190 cm³/mol. The van der Waals surface area contributed by atoms with Gasteiger partial charge in [0.15, 0.2) is 11.8 Å². The number of nitrogens with one attached hydrogen (secondary N) is 1. The molecule has 3 N–H and O–H groups in total. The van der Waals surface area contributed by atoms with E-state index in [1.165, 1.54) is 0 Å². The van der Waals surface area contributed by atoms with Crippen LogP contribution in [-0.2, 0) is 51.1 Å². The summed E-state index contributed by atoms with van der Waals surface area (Å²) in [6.07, 6.45) is 6.05. The molecule has 6 aliphatic rings. The molecule has 3 heterocycles. The van der Waals surface area contributed by atoms with Crippen molar-refractivity contribution in [1.82, 2.24) is 10.4 Å². The lowest BCUT2D eigenvalue weighted by atomic mass is 9.62. The van der Waals surface area contributed by atoms with E-state index in [9.17, 15) is 24.6 Å². The highest BCUT2D eigenvalue weighted by atomic mass is 16.8. The van der Waals surface area contributed by atoms with Gasteiger partial charge in [0.1, 0.15) is 41.2 Å². The topological polar surface area (TPSA) is 153 Å². The first-order valence-corrected chi connectivity index (χ1v) is 19.1. The molecule has 1 amide bonds. The monoisotopic (exact) mass is 730 g/mol. The molecule has 3 saturated heterocycles. The average molecular weight is 731 g/mol. The number of rotatable bonds is 13. The summed E-state index contributed by atoms with van der Waals surface area (Å²) in [6.45, 7) is 5.14. The quantitative estimate of drug-likeness (QED) is 0.252. The lowest BCUT2D eigenvalue weighted by molar-refractivity contribution is -0.235. The van der Waals surface area contributed by atoms with Gasteiger partial charge in [0.05, 0.1) is 19.2 Å². The number of hydrogen-bond donors (Lipinski definition) is 3. The largest absolute Gasteiger partial charge is 0.508 e. The maximum atomic E-state index is 14.8. The zero-order valence-electron chi connectivity index (χ0n) is 30.6. The highest BCUT2D eigenvalue weighted by Gasteiger charge is 2.78. The van der Waals surface area contributed by atoms with Gasteiger partial charge in [-0.15, -0.1) is 0 Å². The number of phenolic OH excluding ortho intramolecular Hbond substituents is 1. The van der Waals surface area contributed by atoms with Crippen molar-refractivity contribution in [2.45, 2.75) is 127 Å².